The first-order chi connectivity index (χ1) is 8.40. The minimum absolute atomic E-state index is 0.0439. The van der Waals surface area contributed by atoms with E-state index < -0.39 is 0 Å². The fraction of sp³-hybridized carbons (Fsp3) is 0.571. The van der Waals surface area contributed by atoms with Crippen molar-refractivity contribution < 1.29 is 9.84 Å². The molecule has 2 rings (SSSR count). The van der Waals surface area contributed by atoms with Gasteiger partial charge in [0.1, 0.15) is 5.75 Å². The molecule has 17 heavy (non-hydrogen) atoms. The molecule has 0 spiro atoms. The van der Waals surface area contributed by atoms with Crippen LogP contribution in [0.4, 0.5) is 0 Å². The summed E-state index contributed by atoms with van der Waals surface area (Å²) in [5, 5.41) is 9.16. The van der Waals surface area contributed by atoms with Crippen molar-refractivity contribution in [1.82, 2.24) is 4.90 Å². The molecule has 0 atom stereocenters. The highest BCUT2D eigenvalue weighted by atomic mass is 16.5. The predicted molar refractivity (Wildman–Crippen MR) is 68.2 cm³/mol. The van der Waals surface area contributed by atoms with Gasteiger partial charge >= 0.3 is 0 Å². The van der Waals surface area contributed by atoms with E-state index in [4.69, 9.17) is 9.84 Å². The molecule has 0 amide bonds. The van der Waals surface area contributed by atoms with Gasteiger partial charge in [-0.25, -0.2) is 0 Å². The Labute approximate surface area is 103 Å². The second kappa shape index (κ2) is 6.62. The van der Waals surface area contributed by atoms with Crippen molar-refractivity contribution in [1.29, 1.82) is 0 Å². The zero-order valence-corrected chi connectivity index (χ0v) is 10.3. The molecule has 1 fully saturated rings. The number of hydrogen-bond acceptors (Lipinski definition) is 3. The minimum atomic E-state index is 0.0439. The zero-order valence-electron chi connectivity index (χ0n) is 10.3. The van der Waals surface area contributed by atoms with Gasteiger partial charge < -0.3 is 14.7 Å². The maximum atomic E-state index is 9.16. The van der Waals surface area contributed by atoms with Crippen LogP contribution in [0.25, 0.3) is 0 Å². The molecule has 1 aliphatic heterocycles. The van der Waals surface area contributed by atoms with Gasteiger partial charge in [0.15, 0.2) is 0 Å². The summed E-state index contributed by atoms with van der Waals surface area (Å²) in [5.41, 5.74) is 0.869. The van der Waals surface area contributed by atoms with Gasteiger partial charge in [-0.2, -0.15) is 0 Å². The Kier molecular flexibility index (Phi) is 4.83. The number of ether oxygens (including phenoxy) is 1. The van der Waals surface area contributed by atoms with Crippen LogP contribution in [0.1, 0.15) is 24.8 Å². The van der Waals surface area contributed by atoms with E-state index in [0.29, 0.717) is 0 Å². The number of rotatable bonds is 6. The number of aliphatic hydroxyl groups excluding tert-OH is 1. The van der Waals surface area contributed by atoms with Crippen LogP contribution < -0.4 is 4.74 Å². The first-order valence-corrected chi connectivity index (χ1v) is 6.44. The third-order valence-corrected chi connectivity index (χ3v) is 3.22. The van der Waals surface area contributed by atoms with E-state index in [0.717, 1.165) is 30.9 Å². The SMILES string of the molecule is OCc1ccccc1OCCCN1CCCC1. The summed E-state index contributed by atoms with van der Waals surface area (Å²) in [6.45, 7) is 4.39. The van der Waals surface area contributed by atoms with Gasteiger partial charge in [0, 0.05) is 12.1 Å². The van der Waals surface area contributed by atoms with Gasteiger partial charge in [0.25, 0.3) is 0 Å². The van der Waals surface area contributed by atoms with E-state index in [1.54, 1.807) is 0 Å². The lowest BCUT2D eigenvalue weighted by Gasteiger charge is -2.15. The maximum absolute atomic E-state index is 9.16. The monoisotopic (exact) mass is 235 g/mol. The van der Waals surface area contributed by atoms with Crippen molar-refractivity contribution in [2.45, 2.75) is 25.9 Å². The average Bonchev–Trinajstić information content (AvgIpc) is 2.88. The first-order valence-electron chi connectivity index (χ1n) is 6.44. The maximum Gasteiger partial charge on any atom is 0.124 e. The summed E-state index contributed by atoms with van der Waals surface area (Å²) in [5.74, 6) is 0.816. The fourth-order valence-electron chi connectivity index (χ4n) is 2.25. The van der Waals surface area contributed by atoms with Gasteiger partial charge in [-0.1, -0.05) is 18.2 Å². The summed E-state index contributed by atoms with van der Waals surface area (Å²) in [6.07, 6.45) is 3.74. The Hall–Kier alpha value is -1.06. The van der Waals surface area contributed by atoms with Crippen LogP contribution in [0.2, 0.25) is 0 Å². The second-order valence-corrected chi connectivity index (χ2v) is 4.52. The number of aliphatic hydroxyl groups is 1. The topological polar surface area (TPSA) is 32.7 Å². The van der Waals surface area contributed by atoms with Gasteiger partial charge in [-0.05, 0) is 38.4 Å². The average molecular weight is 235 g/mol. The molecule has 0 aliphatic carbocycles. The van der Waals surface area contributed by atoms with E-state index in [9.17, 15) is 0 Å². The Bertz CT molecular complexity index is 335. The molecule has 3 heteroatoms. The van der Waals surface area contributed by atoms with Crippen molar-refractivity contribution in [2.75, 3.05) is 26.2 Å². The Morgan fingerprint density at radius 1 is 1.18 bits per heavy atom. The van der Waals surface area contributed by atoms with Gasteiger partial charge in [-0.15, -0.1) is 0 Å². The summed E-state index contributed by atoms with van der Waals surface area (Å²) < 4.78 is 5.70. The van der Waals surface area contributed by atoms with Crippen molar-refractivity contribution in [3.8, 4) is 5.75 Å². The van der Waals surface area contributed by atoms with Gasteiger partial charge in [0.05, 0.1) is 13.2 Å². The lowest BCUT2D eigenvalue weighted by atomic mass is 10.2. The van der Waals surface area contributed by atoms with Crippen LogP contribution in [-0.4, -0.2) is 36.2 Å². The molecule has 1 saturated heterocycles. The van der Waals surface area contributed by atoms with Crippen LogP contribution in [0.5, 0.6) is 5.75 Å². The molecule has 1 aliphatic rings. The molecule has 0 saturated carbocycles. The van der Waals surface area contributed by atoms with Crippen LogP contribution >= 0.6 is 0 Å². The Morgan fingerprint density at radius 2 is 1.94 bits per heavy atom. The molecule has 1 heterocycles. The van der Waals surface area contributed by atoms with Gasteiger partial charge in [-0.3, -0.25) is 0 Å². The largest absolute Gasteiger partial charge is 0.493 e. The van der Waals surface area contributed by atoms with E-state index in [2.05, 4.69) is 4.90 Å². The Morgan fingerprint density at radius 3 is 2.71 bits per heavy atom. The number of nitrogens with zero attached hydrogens (tertiary/aromatic N) is 1. The highest BCUT2D eigenvalue weighted by Gasteiger charge is 2.10. The normalized spacial score (nSPS) is 16.3. The third kappa shape index (κ3) is 3.72. The molecule has 0 unspecified atom stereocenters. The summed E-state index contributed by atoms with van der Waals surface area (Å²) in [7, 11) is 0. The summed E-state index contributed by atoms with van der Waals surface area (Å²) >= 11 is 0. The zero-order chi connectivity index (χ0) is 11.9. The van der Waals surface area contributed by atoms with E-state index in [1.807, 2.05) is 24.3 Å². The molecular weight excluding hydrogens is 214 g/mol. The van der Waals surface area contributed by atoms with Crippen LogP contribution in [0.15, 0.2) is 24.3 Å². The molecule has 94 valence electrons. The molecule has 1 aromatic carbocycles. The molecule has 1 N–H and O–H groups in total. The van der Waals surface area contributed by atoms with Crippen molar-refractivity contribution in [2.24, 2.45) is 0 Å². The van der Waals surface area contributed by atoms with Crippen molar-refractivity contribution in [3.63, 3.8) is 0 Å². The van der Waals surface area contributed by atoms with E-state index in [-0.39, 0.29) is 6.61 Å². The van der Waals surface area contributed by atoms with Crippen LogP contribution in [-0.2, 0) is 6.61 Å². The smallest absolute Gasteiger partial charge is 0.124 e. The van der Waals surface area contributed by atoms with E-state index in [1.165, 1.54) is 25.9 Å². The molecule has 1 aromatic rings. The van der Waals surface area contributed by atoms with Gasteiger partial charge in [0.2, 0.25) is 0 Å². The predicted octanol–water partition coefficient (Wildman–Crippen LogP) is 2.04. The minimum Gasteiger partial charge on any atom is -0.493 e. The Balaban J connectivity index is 1.70. The number of para-hydroxylation sites is 1. The van der Waals surface area contributed by atoms with Crippen LogP contribution in [0.3, 0.4) is 0 Å². The highest BCUT2D eigenvalue weighted by molar-refractivity contribution is 5.32. The molecular formula is C14H21NO2. The highest BCUT2D eigenvalue weighted by Crippen LogP contribution is 2.17. The summed E-state index contributed by atoms with van der Waals surface area (Å²) in [4.78, 5) is 2.49. The first kappa shape index (κ1) is 12.4. The molecule has 0 radical (unpaired) electrons. The lowest BCUT2D eigenvalue weighted by Crippen LogP contribution is -2.22. The quantitative estimate of drug-likeness (QED) is 0.766. The molecule has 0 aromatic heterocycles. The number of hydrogen-bond donors (Lipinski definition) is 1. The lowest BCUT2D eigenvalue weighted by molar-refractivity contribution is 0.246. The van der Waals surface area contributed by atoms with Crippen molar-refractivity contribution >= 4 is 0 Å². The number of likely N-dealkylation sites (tertiary alicyclic amines) is 1. The van der Waals surface area contributed by atoms with Crippen molar-refractivity contribution in [3.05, 3.63) is 29.8 Å². The second-order valence-electron chi connectivity index (χ2n) is 4.52. The van der Waals surface area contributed by atoms with Crippen LogP contribution in [0, 0.1) is 0 Å². The fourth-order valence-corrected chi connectivity index (χ4v) is 2.25. The number of benzene rings is 1. The molecule has 0 bridgehead atoms. The summed E-state index contributed by atoms with van der Waals surface area (Å²) in [6, 6.07) is 7.68. The van der Waals surface area contributed by atoms with E-state index >= 15 is 0 Å². The molecule has 3 nitrogen and oxygen atoms in total. The standard InChI is InChI=1S/C14H21NO2/c16-12-13-6-1-2-7-14(13)17-11-5-10-15-8-3-4-9-15/h1-2,6-7,16H,3-5,8-12H2. The third-order valence-electron chi connectivity index (χ3n) is 3.22.